The van der Waals surface area contributed by atoms with Crippen LogP contribution in [0.5, 0.6) is 5.75 Å². The van der Waals surface area contributed by atoms with E-state index in [-0.39, 0.29) is 11.7 Å². The van der Waals surface area contributed by atoms with Crippen LogP contribution in [0.2, 0.25) is 0 Å². The Hall–Kier alpha value is -3.23. The van der Waals surface area contributed by atoms with E-state index in [1.54, 1.807) is 6.08 Å². The average molecular weight is 526 g/mol. The number of halogens is 1. The highest BCUT2D eigenvalue weighted by atomic mass is 79.9. The molecular formula is C25H24BrN3O3S. The maximum Gasteiger partial charge on any atom is 0.276 e. The number of hydrogen-bond acceptors (Lipinski definition) is 4. The Morgan fingerprint density at radius 2 is 1.82 bits per heavy atom. The molecule has 0 aromatic heterocycles. The van der Waals surface area contributed by atoms with Crippen LogP contribution in [0.4, 0.5) is 0 Å². The molecule has 0 radical (unpaired) electrons. The Balaban J connectivity index is 1.44. The van der Waals surface area contributed by atoms with Crippen molar-refractivity contribution in [1.82, 2.24) is 16.2 Å². The maximum atomic E-state index is 12.2. The quantitative estimate of drug-likeness (QED) is 0.244. The maximum absolute atomic E-state index is 12.2. The Morgan fingerprint density at radius 1 is 1.06 bits per heavy atom. The van der Waals surface area contributed by atoms with E-state index in [2.05, 4.69) is 45.9 Å². The largest absolute Gasteiger partial charge is 0.483 e. The minimum atomic E-state index is -0.447. The second-order valence-corrected chi connectivity index (χ2v) is 8.79. The average Bonchev–Trinajstić information content (AvgIpc) is 2.80. The molecule has 33 heavy (non-hydrogen) atoms. The Kier molecular flexibility index (Phi) is 8.57. The lowest BCUT2D eigenvalue weighted by Gasteiger charge is -2.12. The van der Waals surface area contributed by atoms with Gasteiger partial charge in [-0.1, -0.05) is 62.4 Å². The van der Waals surface area contributed by atoms with E-state index in [0.29, 0.717) is 11.7 Å². The molecule has 0 saturated heterocycles. The number of hydrogen-bond donors (Lipinski definition) is 3. The zero-order chi connectivity index (χ0) is 23.8. The SMILES string of the molecule is CC(C)c1ccc(OCC(=O)NNC(=S)NC(=O)/C=C/c2cccc3ccccc23)c(Br)c1. The summed E-state index contributed by atoms with van der Waals surface area (Å²) < 4.78 is 6.30. The van der Waals surface area contributed by atoms with Crippen molar-refractivity contribution in [3.8, 4) is 5.75 Å². The van der Waals surface area contributed by atoms with Gasteiger partial charge in [-0.15, -0.1) is 0 Å². The first kappa shape index (κ1) is 24.4. The number of fused-ring (bicyclic) bond motifs is 1. The monoisotopic (exact) mass is 525 g/mol. The minimum absolute atomic E-state index is 0.0293. The molecule has 0 aliphatic carbocycles. The number of thiocarbonyl (C=S) groups is 1. The van der Waals surface area contributed by atoms with Crippen LogP contribution in [-0.2, 0) is 9.59 Å². The lowest BCUT2D eigenvalue weighted by atomic mass is 10.0. The highest BCUT2D eigenvalue weighted by Crippen LogP contribution is 2.28. The minimum Gasteiger partial charge on any atom is -0.483 e. The lowest BCUT2D eigenvalue weighted by molar-refractivity contribution is -0.123. The summed E-state index contributed by atoms with van der Waals surface area (Å²) in [5, 5.41) is 4.59. The van der Waals surface area contributed by atoms with E-state index in [0.717, 1.165) is 26.4 Å². The topological polar surface area (TPSA) is 79.5 Å². The molecule has 0 aliphatic heterocycles. The molecule has 0 spiro atoms. The van der Waals surface area contributed by atoms with Gasteiger partial charge in [-0.25, -0.2) is 0 Å². The van der Waals surface area contributed by atoms with Crippen LogP contribution in [0.1, 0.15) is 30.9 Å². The molecule has 6 nitrogen and oxygen atoms in total. The van der Waals surface area contributed by atoms with Crippen molar-refractivity contribution in [2.45, 2.75) is 19.8 Å². The van der Waals surface area contributed by atoms with Gasteiger partial charge in [0.05, 0.1) is 4.47 Å². The third kappa shape index (κ3) is 7.13. The van der Waals surface area contributed by atoms with Gasteiger partial charge in [0, 0.05) is 6.08 Å². The van der Waals surface area contributed by atoms with Gasteiger partial charge in [-0.3, -0.25) is 25.8 Å². The van der Waals surface area contributed by atoms with Crippen LogP contribution >= 0.6 is 28.1 Å². The smallest absolute Gasteiger partial charge is 0.276 e. The molecule has 3 aromatic rings. The first-order valence-corrected chi connectivity index (χ1v) is 11.5. The molecule has 0 unspecified atom stereocenters. The van der Waals surface area contributed by atoms with E-state index in [4.69, 9.17) is 17.0 Å². The van der Waals surface area contributed by atoms with Crippen molar-refractivity contribution in [1.29, 1.82) is 0 Å². The molecule has 0 aliphatic rings. The third-order valence-electron chi connectivity index (χ3n) is 4.77. The van der Waals surface area contributed by atoms with E-state index < -0.39 is 11.8 Å². The fourth-order valence-electron chi connectivity index (χ4n) is 3.05. The second kappa shape index (κ2) is 11.6. The Bertz CT molecular complexity index is 1210. The van der Waals surface area contributed by atoms with Gasteiger partial charge in [-0.2, -0.15) is 0 Å². The summed E-state index contributed by atoms with van der Waals surface area (Å²) in [6.07, 6.45) is 3.11. The summed E-state index contributed by atoms with van der Waals surface area (Å²) in [6, 6.07) is 19.5. The van der Waals surface area contributed by atoms with Crippen LogP contribution in [0, 0.1) is 0 Å². The zero-order valence-electron chi connectivity index (χ0n) is 18.2. The summed E-state index contributed by atoms with van der Waals surface area (Å²) in [5.41, 5.74) is 6.97. The molecule has 3 N–H and O–H groups in total. The van der Waals surface area contributed by atoms with E-state index in [1.165, 1.54) is 6.08 Å². The first-order chi connectivity index (χ1) is 15.8. The number of ether oxygens (including phenoxy) is 1. The van der Waals surface area contributed by atoms with Crippen molar-refractivity contribution in [2.75, 3.05) is 6.61 Å². The van der Waals surface area contributed by atoms with E-state index in [9.17, 15) is 9.59 Å². The lowest BCUT2D eigenvalue weighted by Crippen LogP contribution is -2.49. The number of hydrazine groups is 1. The molecule has 170 valence electrons. The summed E-state index contributed by atoms with van der Waals surface area (Å²) in [5.74, 6) is 0.0859. The predicted octanol–water partition coefficient (Wildman–Crippen LogP) is 4.84. The number of rotatable bonds is 6. The van der Waals surface area contributed by atoms with Gasteiger partial charge in [-0.05, 0) is 74.2 Å². The predicted molar refractivity (Wildman–Crippen MR) is 139 cm³/mol. The molecular weight excluding hydrogens is 502 g/mol. The molecule has 0 heterocycles. The standard InChI is InChI=1S/C25H24BrN3O3S/c1-16(2)19-10-12-22(21(26)14-19)32-15-24(31)28-29-25(33)27-23(30)13-11-18-8-5-7-17-6-3-4-9-20(17)18/h3-14,16H,15H2,1-2H3,(H,28,31)(H2,27,29,30,33)/b13-11+. The van der Waals surface area contributed by atoms with Crippen molar-refractivity contribution in [2.24, 2.45) is 0 Å². The third-order valence-corrected chi connectivity index (χ3v) is 5.60. The van der Waals surface area contributed by atoms with Gasteiger partial charge in [0.1, 0.15) is 5.75 Å². The zero-order valence-corrected chi connectivity index (χ0v) is 20.6. The molecule has 0 fully saturated rings. The van der Waals surface area contributed by atoms with Crippen LogP contribution in [0.15, 0.2) is 71.2 Å². The summed E-state index contributed by atoms with van der Waals surface area (Å²) in [4.78, 5) is 24.2. The number of nitrogens with one attached hydrogen (secondary N) is 3. The summed E-state index contributed by atoms with van der Waals surface area (Å²) in [7, 11) is 0. The molecule has 3 rings (SSSR count). The molecule has 0 saturated carbocycles. The highest BCUT2D eigenvalue weighted by molar-refractivity contribution is 9.10. The normalized spacial score (nSPS) is 10.9. The molecule has 0 bridgehead atoms. The summed E-state index contributed by atoms with van der Waals surface area (Å²) >= 11 is 8.51. The van der Waals surface area contributed by atoms with E-state index in [1.807, 2.05) is 60.7 Å². The van der Waals surface area contributed by atoms with Crippen LogP contribution in [-0.4, -0.2) is 23.5 Å². The van der Waals surface area contributed by atoms with Crippen molar-refractivity contribution >= 4 is 61.9 Å². The first-order valence-electron chi connectivity index (χ1n) is 10.3. The van der Waals surface area contributed by atoms with Gasteiger partial charge < -0.3 is 4.74 Å². The van der Waals surface area contributed by atoms with Gasteiger partial charge in [0.2, 0.25) is 5.91 Å². The second-order valence-electron chi connectivity index (χ2n) is 7.53. The van der Waals surface area contributed by atoms with Gasteiger partial charge >= 0.3 is 0 Å². The Labute approximate surface area is 206 Å². The van der Waals surface area contributed by atoms with Crippen LogP contribution < -0.4 is 20.9 Å². The van der Waals surface area contributed by atoms with Crippen LogP contribution in [0.3, 0.4) is 0 Å². The van der Waals surface area contributed by atoms with Crippen molar-refractivity contribution < 1.29 is 14.3 Å². The van der Waals surface area contributed by atoms with Gasteiger partial charge in [0.25, 0.3) is 5.91 Å². The van der Waals surface area contributed by atoms with E-state index >= 15 is 0 Å². The molecule has 2 amide bonds. The number of benzene rings is 3. The molecule has 8 heteroatoms. The molecule has 0 atom stereocenters. The Morgan fingerprint density at radius 3 is 2.58 bits per heavy atom. The number of carbonyl (C=O) groups excluding carboxylic acids is 2. The number of carbonyl (C=O) groups is 2. The van der Waals surface area contributed by atoms with Crippen molar-refractivity contribution in [3.63, 3.8) is 0 Å². The fourth-order valence-corrected chi connectivity index (χ4v) is 3.71. The highest BCUT2D eigenvalue weighted by Gasteiger charge is 2.09. The number of amides is 2. The fraction of sp³-hybridized carbons (Fsp3) is 0.160. The van der Waals surface area contributed by atoms with Gasteiger partial charge in [0.15, 0.2) is 11.7 Å². The molecule has 3 aromatic carbocycles. The summed E-state index contributed by atoms with van der Waals surface area (Å²) in [6.45, 7) is 3.98. The van der Waals surface area contributed by atoms with Crippen LogP contribution in [0.25, 0.3) is 16.8 Å². The van der Waals surface area contributed by atoms with Crippen molar-refractivity contribution in [3.05, 3.63) is 82.3 Å².